The molecule has 0 aliphatic rings. The number of fused-ring (bicyclic) bond motifs is 1. The summed E-state index contributed by atoms with van der Waals surface area (Å²) in [6.07, 6.45) is 0.140. The van der Waals surface area contributed by atoms with Gasteiger partial charge >= 0.3 is 0 Å². The monoisotopic (exact) mass is 426 g/mol. The summed E-state index contributed by atoms with van der Waals surface area (Å²) < 4.78 is 26.7. The van der Waals surface area contributed by atoms with Crippen LogP contribution in [0.25, 0.3) is 10.2 Å². The lowest BCUT2D eigenvalue weighted by atomic mass is 10.1. The van der Waals surface area contributed by atoms with Crippen molar-refractivity contribution in [3.05, 3.63) is 76.7 Å². The van der Waals surface area contributed by atoms with Crippen molar-refractivity contribution >= 4 is 44.9 Å². The maximum absolute atomic E-state index is 13.7. The zero-order valence-electron chi connectivity index (χ0n) is 15.5. The molecule has 0 fully saturated rings. The van der Waals surface area contributed by atoms with Gasteiger partial charge in [-0.25, -0.2) is 8.78 Å². The first kappa shape index (κ1) is 19.7. The van der Waals surface area contributed by atoms with E-state index >= 15 is 0 Å². The van der Waals surface area contributed by atoms with Crippen molar-refractivity contribution in [1.82, 2.24) is 10.2 Å². The molecular weight excluding hydrogens is 410 g/mol. The third kappa shape index (κ3) is 4.52. The molecule has 0 unspecified atom stereocenters. The number of carbonyl (C=O) groups excluding carboxylic acids is 2. The van der Waals surface area contributed by atoms with Crippen molar-refractivity contribution in [1.29, 1.82) is 0 Å². The lowest BCUT2D eigenvalue weighted by Crippen LogP contribution is -2.15. The predicted molar refractivity (Wildman–Crippen MR) is 111 cm³/mol. The Morgan fingerprint density at radius 1 is 0.967 bits per heavy atom. The van der Waals surface area contributed by atoms with Crippen molar-refractivity contribution in [3.63, 3.8) is 0 Å². The topological polar surface area (TPSA) is 86.9 Å². The van der Waals surface area contributed by atoms with Gasteiger partial charge in [0.25, 0.3) is 0 Å². The van der Waals surface area contributed by atoms with Gasteiger partial charge in [0.05, 0.1) is 23.9 Å². The summed E-state index contributed by atoms with van der Waals surface area (Å²) in [5.74, 6) is -1.07. The first-order chi connectivity index (χ1) is 14.5. The average molecular weight is 426 g/mol. The highest BCUT2D eigenvalue weighted by atomic mass is 32.1. The van der Waals surface area contributed by atoms with Crippen LogP contribution in [-0.2, 0) is 22.4 Å². The number of H-pyrrole nitrogens is 1. The largest absolute Gasteiger partial charge is 0.323 e. The lowest BCUT2D eigenvalue weighted by Gasteiger charge is -2.05. The zero-order chi connectivity index (χ0) is 21.1. The molecule has 0 bridgehead atoms. The van der Waals surface area contributed by atoms with Gasteiger partial charge in [0.1, 0.15) is 22.3 Å². The number of thiophene rings is 1. The summed E-state index contributed by atoms with van der Waals surface area (Å²) in [6.45, 7) is 0. The maximum Gasteiger partial charge on any atom is 0.229 e. The van der Waals surface area contributed by atoms with Gasteiger partial charge in [-0.1, -0.05) is 24.3 Å². The van der Waals surface area contributed by atoms with Crippen LogP contribution in [0.4, 0.5) is 20.3 Å². The Bertz CT molecular complexity index is 1220. The highest BCUT2D eigenvalue weighted by Gasteiger charge is 2.15. The lowest BCUT2D eigenvalue weighted by molar-refractivity contribution is -0.116. The molecule has 0 aliphatic carbocycles. The number of halogens is 2. The van der Waals surface area contributed by atoms with Crippen LogP contribution < -0.4 is 10.6 Å². The van der Waals surface area contributed by atoms with Crippen LogP contribution in [0.1, 0.15) is 10.4 Å². The maximum atomic E-state index is 13.7. The van der Waals surface area contributed by atoms with Crippen molar-refractivity contribution < 1.29 is 18.4 Å². The SMILES string of the molecule is O=C(Cc1cc2c(NC(=O)Cc3ccc(F)cc3)[nH]nc2s1)Nc1ccccc1F. The molecule has 0 spiro atoms. The molecule has 2 heterocycles. The number of benzene rings is 2. The summed E-state index contributed by atoms with van der Waals surface area (Å²) >= 11 is 1.30. The molecule has 0 atom stereocenters. The first-order valence-corrected chi connectivity index (χ1v) is 9.85. The summed E-state index contributed by atoms with van der Waals surface area (Å²) in [4.78, 5) is 25.9. The number of nitrogens with one attached hydrogen (secondary N) is 3. The van der Waals surface area contributed by atoms with Gasteiger partial charge in [0.2, 0.25) is 11.8 Å². The number of anilines is 2. The molecule has 0 saturated heterocycles. The van der Waals surface area contributed by atoms with Crippen LogP contribution in [0.3, 0.4) is 0 Å². The third-order valence-corrected chi connectivity index (χ3v) is 5.36. The van der Waals surface area contributed by atoms with Crippen LogP contribution in [-0.4, -0.2) is 22.0 Å². The molecule has 152 valence electrons. The first-order valence-electron chi connectivity index (χ1n) is 9.03. The molecule has 30 heavy (non-hydrogen) atoms. The van der Waals surface area contributed by atoms with E-state index in [-0.39, 0.29) is 36.2 Å². The Kier molecular flexibility index (Phi) is 5.53. The second kappa shape index (κ2) is 8.42. The van der Waals surface area contributed by atoms with Crippen LogP contribution in [0.15, 0.2) is 54.6 Å². The quantitative estimate of drug-likeness (QED) is 0.430. The molecule has 2 aromatic heterocycles. The smallest absolute Gasteiger partial charge is 0.229 e. The minimum absolute atomic E-state index is 0.0539. The Balaban J connectivity index is 1.41. The molecule has 0 aliphatic heterocycles. The second-order valence-corrected chi connectivity index (χ2v) is 7.70. The number of amides is 2. The van der Waals surface area contributed by atoms with E-state index in [1.54, 1.807) is 30.3 Å². The molecule has 0 saturated carbocycles. The fourth-order valence-electron chi connectivity index (χ4n) is 2.93. The minimum atomic E-state index is -0.502. The van der Waals surface area contributed by atoms with Gasteiger partial charge in [0.15, 0.2) is 0 Å². The predicted octanol–water partition coefficient (Wildman–Crippen LogP) is 4.27. The molecule has 3 N–H and O–H groups in total. The molecule has 4 aromatic rings. The molecule has 2 aromatic carbocycles. The highest BCUT2D eigenvalue weighted by molar-refractivity contribution is 7.18. The van der Waals surface area contributed by atoms with Gasteiger partial charge in [-0.3, -0.25) is 14.7 Å². The Labute approximate surface area is 173 Å². The van der Waals surface area contributed by atoms with Gasteiger partial charge in [-0.15, -0.1) is 11.3 Å². The Morgan fingerprint density at radius 3 is 2.47 bits per heavy atom. The Morgan fingerprint density at radius 2 is 1.70 bits per heavy atom. The van der Waals surface area contributed by atoms with E-state index in [2.05, 4.69) is 20.8 Å². The number of hydrogen-bond acceptors (Lipinski definition) is 4. The fourth-order valence-corrected chi connectivity index (χ4v) is 3.92. The van der Waals surface area contributed by atoms with E-state index in [0.29, 0.717) is 21.6 Å². The number of para-hydroxylation sites is 1. The standard InChI is InChI=1S/C21H16F2N4O2S/c22-13-7-5-12(6-8-13)9-18(28)25-20-15-10-14(30-21(15)27-26-20)11-19(29)24-17-4-2-1-3-16(17)23/h1-8,10H,9,11H2,(H,24,29)(H2,25,26,27,28). The van der Waals surface area contributed by atoms with E-state index in [4.69, 9.17) is 0 Å². The van der Waals surface area contributed by atoms with Gasteiger partial charge < -0.3 is 10.6 Å². The third-order valence-electron chi connectivity index (χ3n) is 4.33. The van der Waals surface area contributed by atoms with Gasteiger partial charge in [0, 0.05) is 4.88 Å². The number of aromatic amines is 1. The normalized spacial score (nSPS) is 10.9. The molecule has 4 rings (SSSR count). The summed E-state index contributed by atoms with van der Waals surface area (Å²) in [7, 11) is 0. The van der Waals surface area contributed by atoms with Crippen LogP contribution >= 0.6 is 11.3 Å². The van der Waals surface area contributed by atoms with Gasteiger partial charge in [-0.2, -0.15) is 5.10 Å². The summed E-state index contributed by atoms with van der Waals surface area (Å²) in [6, 6.07) is 13.4. The van der Waals surface area contributed by atoms with E-state index in [1.165, 1.54) is 35.6 Å². The van der Waals surface area contributed by atoms with Crippen molar-refractivity contribution in [2.24, 2.45) is 0 Å². The van der Waals surface area contributed by atoms with Crippen LogP contribution in [0.2, 0.25) is 0 Å². The summed E-state index contributed by atoms with van der Waals surface area (Å²) in [5, 5.41) is 12.9. The van der Waals surface area contributed by atoms with E-state index in [0.717, 1.165) is 4.88 Å². The number of carbonyl (C=O) groups is 2. The average Bonchev–Trinajstić information content (AvgIpc) is 3.26. The zero-order valence-corrected chi connectivity index (χ0v) is 16.4. The number of aromatic nitrogens is 2. The van der Waals surface area contributed by atoms with E-state index in [9.17, 15) is 18.4 Å². The van der Waals surface area contributed by atoms with Crippen molar-refractivity contribution in [2.75, 3.05) is 10.6 Å². The fraction of sp³-hybridized carbons (Fsp3) is 0.0952. The summed E-state index contributed by atoms with van der Waals surface area (Å²) in [5.41, 5.74) is 0.804. The minimum Gasteiger partial charge on any atom is -0.323 e. The number of nitrogens with zero attached hydrogens (tertiary/aromatic N) is 1. The number of hydrogen-bond donors (Lipinski definition) is 3. The van der Waals surface area contributed by atoms with E-state index in [1.807, 2.05) is 0 Å². The molecule has 0 radical (unpaired) electrons. The van der Waals surface area contributed by atoms with E-state index < -0.39 is 5.82 Å². The highest BCUT2D eigenvalue weighted by Crippen LogP contribution is 2.30. The molecule has 6 nitrogen and oxygen atoms in total. The van der Waals surface area contributed by atoms with Crippen molar-refractivity contribution in [2.45, 2.75) is 12.8 Å². The number of rotatable bonds is 6. The Hall–Kier alpha value is -3.59. The molecular formula is C21H16F2N4O2S. The van der Waals surface area contributed by atoms with Crippen LogP contribution in [0, 0.1) is 11.6 Å². The van der Waals surface area contributed by atoms with Gasteiger partial charge in [-0.05, 0) is 35.9 Å². The van der Waals surface area contributed by atoms with Crippen molar-refractivity contribution in [3.8, 4) is 0 Å². The molecule has 2 amide bonds. The second-order valence-electron chi connectivity index (χ2n) is 6.59. The van der Waals surface area contributed by atoms with Crippen LogP contribution in [0.5, 0.6) is 0 Å². The molecule has 9 heteroatoms.